The largest absolute Gasteiger partial charge is 0.311 e. The third kappa shape index (κ3) is 2.96. The molecule has 0 spiro atoms. The van der Waals surface area contributed by atoms with Crippen molar-refractivity contribution in [2.24, 2.45) is 0 Å². The molecule has 0 aromatic carbocycles. The summed E-state index contributed by atoms with van der Waals surface area (Å²) < 4.78 is 0. The molecule has 0 radical (unpaired) electrons. The van der Waals surface area contributed by atoms with E-state index in [-0.39, 0.29) is 0 Å². The van der Waals surface area contributed by atoms with Crippen molar-refractivity contribution in [2.45, 2.75) is 58.5 Å². The maximum atomic E-state index is 3.62. The number of unbranched alkanes of at least 4 members (excludes halogenated alkanes) is 1. The zero-order valence-electron chi connectivity index (χ0n) is 10.3. The van der Waals surface area contributed by atoms with Crippen LogP contribution in [-0.2, 0) is 0 Å². The van der Waals surface area contributed by atoms with Crippen LogP contribution in [0.2, 0.25) is 0 Å². The molecule has 1 aliphatic rings. The van der Waals surface area contributed by atoms with Gasteiger partial charge in [0.1, 0.15) is 0 Å². The van der Waals surface area contributed by atoms with Crippen LogP contribution < -0.4 is 5.32 Å². The van der Waals surface area contributed by atoms with E-state index in [0.717, 1.165) is 6.54 Å². The van der Waals surface area contributed by atoms with Crippen LogP contribution >= 0.6 is 0 Å². The molecular formula is C12H26N2. The zero-order valence-corrected chi connectivity index (χ0v) is 10.3. The summed E-state index contributed by atoms with van der Waals surface area (Å²) in [5.74, 6) is 0. The van der Waals surface area contributed by atoms with Gasteiger partial charge in [-0.2, -0.15) is 0 Å². The molecule has 1 N–H and O–H groups in total. The highest BCUT2D eigenvalue weighted by Crippen LogP contribution is 2.19. The molecule has 2 nitrogen and oxygen atoms in total. The van der Waals surface area contributed by atoms with Gasteiger partial charge in [0.05, 0.1) is 0 Å². The Bertz CT molecular complexity index is 166. The van der Waals surface area contributed by atoms with Gasteiger partial charge in [-0.15, -0.1) is 0 Å². The van der Waals surface area contributed by atoms with E-state index in [1.807, 2.05) is 0 Å². The Morgan fingerprint density at radius 1 is 1.36 bits per heavy atom. The maximum Gasteiger partial charge on any atom is 0.0278 e. The molecule has 1 fully saturated rings. The minimum absolute atomic E-state index is 0.348. The molecule has 0 bridgehead atoms. The number of hydrogen-bond donors (Lipinski definition) is 1. The van der Waals surface area contributed by atoms with Crippen molar-refractivity contribution >= 4 is 0 Å². The van der Waals surface area contributed by atoms with Crippen LogP contribution in [0.15, 0.2) is 0 Å². The van der Waals surface area contributed by atoms with E-state index in [9.17, 15) is 0 Å². The van der Waals surface area contributed by atoms with Crippen molar-refractivity contribution in [3.8, 4) is 0 Å². The number of nitrogens with one attached hydrogen (secondary N) is 1. The molecular weight excluding hydrogens is 172 g/mol. The van der Waals surface area contributed by atoms with Crippen molar-refractivity contribution in [3.63, 3.8) is 0 Å². The zero-order chi connectivity index (χ0) is 10.6. The molecule has 1 saturated heterocycles. The minimum atomic E-state index is 0.348. The monoisotopic (exact) mass is 198 g/mol. The topological polar surface area (TPSA) is 15.3 Å². The average Bonchev–Trinajstić information content (AvgIpc) is 2.16. The number of rotatable bonds is 4. The molecule has 1 aliphatic heterocycles. The summed E-state index contributed by atoms with van der Waals surface area (Å²) in [7, 11) is 0. The van der Waals surface area contributed by atoms with Crippen molar-refractivity contribution in [1.29, 1.82) is 0 Å². The third-order valence-electron chi connectivity index (χ3n) is 3.39. The fourth-order valence-electron chi connectivity index (χ4n) is 2.10. The molecule has 0 aliphatic carbocycles. The predicted octanol–water partition coefficient (Wildman–Crippen LogP) is 2.25. The minimum Gasteiger partial charge on any atom is -0.311 e. The van der Waals surface area contributed by atoms with E-state index >= 15 is 0 Å². The third-order valence-corrected chi connectivity index (χ3v) is 3.39. The van der Waals surface area contributed by atoms with Gasteiger partial charge in [0.25, 0.3) is 0 Å². The lowest BCUT2D eigenvalue weighted by Gasteiger charge is -2.46. The lowest BCUT2D eigenvalue weighted by molar-refractivity contribution is 0.0639. The van der Waals surface area contributed by atoms with Gasteiger partial charge in [-0.25, -0.2) is 0 Å². The molecule has 0 saturated carbocycles. The van der Waals surface area contributed by atoms with Crippen LogP contribution in [0.3, 0.4) is 0 Å². The summed E-state index contributed by atoms with van der Waals surface area (Å²) in [6.07, 6.45) is 3.88. The van der Waals surface area contributed by atoms with E-state index in [2.05, 4.69) is 37.9 Å². The molecule has 2 heteroatoms. The Hall–Kier alpha value is -0.0800. The van der Waals surface area contributed by atoms with Crippen LogP contribution in [-0.4, -0.2) is 36.1 Å². The summed E-state index contributed by atoms with van der Waals surface area (Å²) in [6.45, 7) is 12.9. The van der Waals surface area contributed by atoms with Gasteiger partial charge in [0.2, 0.25) is 0 Å². The van der Waals surface area contributed by atoms with E-state index in [1.165, 1.54) is 32.4 Å². The second kappa shape index (κ2) is 5.13. The molecule has 14 heavy (non-hydrogen) atoms. The number of piperazine rings is 1. The Morgan fingerprint density at radius 2 is 2.07 bits per heavy atom. The highest BCUT2D eigenvalue weighted by Gasteiger charge is 2.32. The lowest BCUT2D eigenvalue weighted by Crippen LogP contribution is -2.61. The number of hydrogen-bond acceptors (Lipinski definition) is 2. The normalized spacial score (nSPS) is 27.9. The second-order valence-corrected chi connectivity index (χ2v) is 5.10. The predicted molar refractivity (Wildman–Crippen MR) is 62.6 cm³/mol. The van der Waals surface area contributed by atoms with E-state index < -0.39 is 0 Å². The van der Waals surface area contributed by atoms with Gasteiger partial charge in [-0.05, 0) is 33.2 Å². The van der Waals surface area contributed by atoms with E-state index in [0.29, 0.717) is 11.6 Å². The second-order valence-electron chi connectivity index (χ2n) is 5.10. The molecule has 0 aromatic heterocycles. The smallest absolute Gasteiger partial charge is 0.0278 e. The molecule has 1 heterocycles. The summed E-state index contributed by atoms with van der Waals surface area (Å²) in [5.41, 5.74) is 0.348. The molecule has 1 unspecified atom stereocenters. The fourth-order valence-corrected chi connectivity index (χ4v) is 2.10. The first-order valence-electron chi connectivity index (χ1n) is 6.08. The molecule has 1 atom stereocenters. The quantitative estimate of drug-likeness (QED) is 0.745. The van der Waals surface area contributed by atoms with E-state index in [1.54, 1.807) is 0 Å². The first kappa shape index (κ1) is 12.0. The molecule has 0 amide bonds. The standard InChI is InChI=1S/C12H26N2/c1-5-7-8-14-9-11(6-2)13-10-12(14,3)4/h11,13H,5-10H2,1-4H3. The lowest BCUT2D eigenvalue weighted by atomic mass is 9.96. The van der Waals surface area contributed by atoms with Crippen molar-refractivity contribution in [1.82, 2.24) is 10.2 Å². The van der Waals surface area contributed by atoms with Crippen LogP contribution in [0.25, 0.3) is 0 Å². The summed E-state index contributed by atoms with van der Waals surface area (Å²) in [6, 6.07) is 0.708. The van der Waals surface area contributed by atoms with Gasteiger partial charge < -0.3 is 5.32 Å². The van der Waals surface area contributed by atoms with Gasteiger partial charge in [0, 0.05) is 24.7 Å². The fraction of sp³-hybridized carbons (Fsp3) is 1.00. The molecule has 84 valence electrons. The van der Waals surface area contributed by atoms with Gasteiger partial charge in [-0.1, -0.05) is 20.3 Å². The van der Waals surface area contributed by atoms with Crippen molar-refractivity contribution in [2.75, 3.05) is 19.6 Å². The summed E-state index contributed by atoms with van der Waals surface area (Å²) in [4.78, 5) is 2.65. The van der Waals surface area contributed by atoms with Crippen LogP contribution in [0.5, 0.6) is 0 Å². The Kier molecular flexibility index (Phi) is 4.39. The summed E-state index contributed by atoms with van der Waals surface area (Å²) in [5, 5.41) is 3.62. The van der Waals surface area contributed by atoms with Crippen LogP contribution in [0, 0.1) is 0 Å². The van der Waals surface area contributed by atoms with E-state index in [4.69, 9.17) is 0 Å². The maximum absolute atomic E-state index is 3.62. The van der Waals surface area contributed by atoms with Crippen LogP contribution in [0.4, 0.5) is 0 Å². The van der Waals surface area contributed by atoms with Gasteiger partial charge in [0.15, 0.2) is 0 Å². The Labute approximate surface area is 89.1 Å². The number of nitrogens with zero attached hydrogens (tertiary/aromatic N) is 1. The molecule has 0 aromatic rings. The highest BCUT2D eigenvalue weighted by atomic mass is 15.3. The van der Waals surface area contributed by atoms with Crippen molar-refractivity contribution in [3.05, 3.63) is 0 Å². The highest BCUT2D eigenvalue weighted by molar-refractivity contribution is 4.92. The van der Waals surface area contributed by atoms with Crippen molar-refractivity contribution < 1.29 is 0 Å². The first-order chi connectivity index (χ1) is 6.60. The SMILES string of the molecule is CCCCN1CC(CC)NCC1(C)C. The Balaban J connectivity index is 2.48. The average molecular weight is 198 g/mol. The Morgan fingerprint density at radius 3 is 2.64 bits per heavy atom. The summed E-state index contributed by atoms with van der Waals surface area (Å²) >= 11 is 0. The first-order valence-corrected chi connectivity index (χ1v) is 6.08. The van der Waals surface area contributed by atoms with Gasteiger partial charge in [-0.3, -0.25) is 4.90 Å². The molecule has 1 rings (SSSR count). The van der Waals surface area contributed by atoms with Gasteiger partial charge >= 0.3 is 0 Å². The van der Waals surface area contributed by atoms with Crippen LogP contribution in [0.1, 0.15) is 47.0 Å².